The topological polar surface area (TPSA) is 87.7 Å². The van der Waals surface area contributed by atoms with Crippen LogP contribution in [0.4, 0.5) is 10.1 Å². The number of amides is 1. The minimum absolute atomic E-state index is 0.155. The number of nitrogens with zero attached hydrogens (tertiary/aromatic N) is 1. The zero-order chi connectivity index (χ0) is 13.5. The molecule has 0 saturated carbocycles. The van der Waals surface area contributed by atoms with Crippen LogP contribution in [0.3, 0.4) is 0 Å². The molecule has 98 valence electrons. The van der Waals surface area contributed by atoms with Crippen molar-refractivity contribution >= 4 is 17.4 Å². The Balaban J connectivity index is 2.91. The van der Waals surface area contributed by atoms with Gasteiger partial charge in [0, 0.05) is 12.0 Å². The number of carbonyl (C=O) groups excluding carboxylic acids is 1. The summed E-state index contributed by atoms with van der Waals surface area (Å²) in [6, 6.07) is 3.68. The molecule has 0 atom stereocenters. The molecule has 1 amide bonds. The van der Waals surface area contributed by atoms with E-state index in [0.29, 0.717) is 12.1 Å². The smallest absolute Gasteiger partial charge is 0.224 e. The number of nitrogens with two attached hydrogens (primary N) is 1. The number of rotatable bonds is 5. The summed E-state index contributed by atoms with van der Waals surface area (Å²) >= 11 is 0. The molecule has 1 rings (SSSR count). The molecule has 1 aromatic carbocycles. The van der Waals surface area contributed by atoms with Crippen LogP contribution in [0.2, 0.25) is 0 Å². The Morgan fingerprint density at radius 3 is 2.89 bits per heavy atom. The SMILES string of the molecule is CCCCC(=O)Nc1ccc(F)cc1/C(N)=N/O. The molecule has 0 aliphatic carbocycles. The van der Waals surface area contributed by atoms with Gasteiger partial charge in [0.2, 0.25) is 5.91 Å². The Morgan fingerprint density at radius 2 is 2.28 bits per heavy atom. The Labute approximate surface area is 104 Å². The number of nitrogens with one attached hydrogen (secondary N) is 1. The molecule has 4 N–H and O–H groups in total. The van der Waals surface area contributed by atoms with Crippen molar-refractivity contribution in [2.24, 2.45) is 10.9 Å². The Morgan fingerprint density at radius 1 is 1.56 bits per heavy atom. The maximum absolute atomic E-state index is 13.1. The molecule has 0 aliphatic heterocycles. The maximum Gasteiger partial charge on any atom is 0.224 e. The molecule has 0 fully saturated rings. The fraction of sp³-hybridized carbons (Fsp3) is 0.333. The summed E-state index contributed by atoms with van der Waals surface area (Å²) in [5.41, 5.74) is 5.90. The third-order valence-corrected chi connectivity index (χ3v) is 2.40. The summed E-state index contributed by atoms with van der Waals surface area (Å²) in [4.78, 5) is 11.6. The number of benzene rings is 1. The molecule has 0 aliphatic rings. The first kappa shape index (κ1) is 14.0. The van der Waals surface area contributed by atoms with E-state index in [1.165, 1.54) is 12.1 Å². The van der Waals surface area contributed by atoms with Gasteiger partial charge in [0.25, 0.3) is 0 Å². The van der Waals surface area contributed by atoms with Gasteiger partial charge in [0.15, 0.2) is 5.84 Å². The van der Waals surface area contributed by atoms with E-state index in [1.807, 2.05) is 6.92 Å². The van der Waals surface area contributed by atoms with E-state index in [0.717, 1.165) is 18.9 Å². The monoisotopic (exact) mass is 253 g/mol. The normalized spacial score (nSPS) is 11.3. The molecule has 1 aromatic rings. The average Bonchev–Trinajstić information content (AvgIpc) is 2.37. The summed E-state index contributed by atoms with van der Waals surface area (Å²) < 4.78 is 13.1. The highest BCUT2D eigenvalue weighted by atomic mass is 19.1. The van der Waals surface area contributed by atoms with Crippen LogP contribution in [0.15, 0.2) is 23.4 Å². The number of carbonyl (C=O) groups is 1. The van der Waals surface area contributed by atoms with Crippen molar-refractivity contribution in [1.82, 2.24) is 0 Å². The van der Waals surface area contributed by atoms with Gasteiger partial charge in [-0.3, -0.25) is 4.79 Å². The predicted molar refractivity (Wildman–Crippen MR) is 67.1 cm³/mol. The van der Waals surface area contributed by atoms with Crippen molar-refractivity contribution in [3.63, 3.8) is 0 Å². The van der Waals surface area contributed by atoms with Crippen molar-refractivity contribution in [3.05, 3.63) is 29.6 Å². The first-order chi connectivity index (χ1) is 8.58. The minimum atomic E-state index is -0.525. The van der Waals surface area contributed by atoms with Gasteiger partial charge in [-0.25, -0.2) is 4.39 Å². The van der Waals surface area contributed by atoms with E-state index in [4.69, 9.17) is 10.9 Å². The largest absolute Gasteiger partial charge is 0.409 e. The minimum Gasteiger partial charge on any atom is -0.409 e. The third kappa shape index (κ3) is 3.73. The molecule has 0 bridgehead atoms. The maximum atomic E-state index is 13.1. The van der Waals surface area contributed by atoms with Gasteiger partial charge >= 0.3 is 0 Å². The van der Waals surface area contributed by atoms with Gasteiger partial charge in [-0.1, -0.05) is 18.5 Å². The van der Waals surface area contributed by atoms with Gasteiger partial charge < -0.3 is 16.3 Å². The first-order valence-electron chi connectivity index (χ1n) is 5.65. The Hall–Kier alpha value is -2.11. The molecular weight excluding hydrogens is 237 g/mol. The summed E-state index contributed by atoms with van der Waals surface area (Å²) in [5.74, 6) is -0.959. The first-order valence-corrected chi connectivity index (χ1v) is 5.65. The Bertz CT molecular complexity index is 461. The number of unbranched alkanes of at least 4 members (excludes halogenated alkanes) is 1. The highest BCUT2D eigenvalue weighted by Gasteiger charge is 2.11. The van der Waals surface area contributed by atoms with Gasteiger partial charge in [-0.05, 0) is 24.6 Å². The van der Waals surface area contributed by atoms with E-state index in [-0.39, 0.29) is 17.3 Å². The van der Waals surface area contributed by atoms with Crippen LogP contribution in [0.25, 0.3) is 0 Å². The van der Waals surface area contributed by atoms with Crippen LogP contribution in [-0.2, 0) is 4.79 Å². The van der Waals surface area contributed by atoms with Crippen molar-refractivity contribution in [2.45, 2.75) is 26.2 Å². The lowest BCUT2D eigenvalue weighted by Gasteiger charge is -2.10. The summed E-state index contributed by atoms with van der Waals surface area (Å²) in [7, 11) is 0. The van der Waals surface area contributed by atoms with Gasteiger partial charge in [0.05, 0.1) is 5.69 Å². The highest BCUT2D eigenvalue weighted by Crippen LogP contribution is 2.17. The van der Waals surface area contributed by atoms with Gasteiger partial charge in [-0.2, -0.15) is 0 Å². The quantitative estimate of drug-likeness (QED) is 0.325. The van der Waals surface area contributed by atoms with E-state index in [1.54, 1.807) is 0 Å². The summed E-state index contributed by atoms with van der Waals surface area (Å²) in [5, 5.41) is 14.0. The number of oxime groups is 1. The van der Waals surface area contributed by atoms with Gasteiger partial charge in [-0.15, -0.1) is 0 Å². The second-order valence-electron chi connectivity index (χ2n) is 3.83. The van der Waals surface area contributed by atoms with Crippen LogP contribution in [0.5, 0.6) is 0 Å². The molecule has 18 heavy (non-hydrogen) atoms. The number of halogens is 1. The zero-order valence-electron chi connectivity index (χ0n) is 10.1. The van der Waals surface area contributed by atoms with E-state index < -0.39 is 5.82 Å². The fourth-order valence-corrected chi connectivity index (χ4v) is 1.44. The highest BCUT2D eigenvalue weighted by molar-refractivity contribution is 6.05. The number of amidine groups is 1. The van der Waals surface area contributed by atoms with Crippen LogP contribution >= 0.6 is 0 Å². The molecule has 0 heterocycles. The van der Waals surface area contributed by atoms with Crippen LogP contribution < -0.4 is 11.1 Å². The lowest BCUT2D eigenvalue weighted by Crippen LogP contribution is -2.19. The zero-order valence-corrected chi connectivity index (χ0v) is 10.1. The Kier molecular flexibility index (Phi) is 5.10. The fourth-order valence-electron chi connectivity index (χ4n) is 1.44. The average molecular weight is 253 g/mol. The van der Waals surface area contributed by atoms with E-state index in [2.05, 4.69) is 10.5 Å². The van der Waals surface area contributed by atoms with Crippen LogP contribution in [-0.4, -0.2) is 17.0 Å². The molecule has 0 radical (unpaired) electrons. The van der Waals surface area contributed by atoms with E-state index in [9.17, 15) is 9.18 Å². The lowest BCUT2D eigenvalue weighted by atomic mass is 10.1. The molecule has 0 aromatic heterocycles. The van der Waals surface area contributed by atoms with Crippen molar-refractivity contribution < 1.29 is 14.4 Å². The summed E-state index contributed by atoms with van der Waals surface area (Å²) in [6.07, 6.45) is 2.05. The third-order valence-electron chi connectivity index (χ3n) is 2.40. The number of anilines is 1. The van der Waals surface area contributed by atoms with Crippen LogP contribution in [0.1, 0.15) is 31.7 Å². The second kappa shape index (κ2) is 6.58. The summed E-state index contributed by atoms with van der Waals surface area (Å²) in [6.45, 7) is 1.98. The molecular formula is C12H16FN3O2. The van der Waals surface area contributed by atoms with Crippen LogP contribution in [0, 0.1) is 5.82 Å². The number of hydrogen-bond acceptors (Lipinski definition) is 3. The number of hydrogen-bond donors (Lipinski definition) is 3. The van der Waals surface area contributed by atoms with Crippen molar-refractivity contribution in [2.75, 3.05) is 5.32 Å². The molecule has 0 spiro atoms. The van der Waals surface area contributed by atoms with E-state index >= 15 is 0 Å². The lowest BCUT2D eigenvalue weighted by molar-refractivity contribution is -0.116. The molecule has 0 unspecified atom stereocenters. The van der Waals surface area contributed by atoms with Gasteiger partial charge in [0.1, 0.15) is 5.82 Å². The van der Waals surface area contributed by atoms with Crippen molar-refractivity contribution in [1.29, 1.82) is 0 Å². The van der Waals surface area contributed by atoms with Crippen molar-refractivity contribution in [3.8, 4) is 0 Å². The standard InChI is InChI=1S/C12H16FN3O2/c1-2-3-4-11(17)15-10-6-5-8(13)7-9(10)12(14)16-18/h5-7,18H,2-4H2,1H3,(H2,14,16)(H,15,17). The molecule has 6 heteroatoms. The second-order valence-corrected chi connectivity index (χ2v) is 3.83. The predicted octanol–water partition coefficient (Wildman–Crippen LogP) is 2.05. The molecule has 0 saturated heterocycles. The molecule has 5 nitrogen and oxygen atoms in total.